The van der Waals surface area contributed by atoms with Gasteiger partial charge in [0.25, 0.3) is 0 Å². The van der Waals surface area contributed by atoms with Crippen molar-refractivity contribution >= 4 is 0 Å². The van der Waals surface area contributed by atoms with E-state index in [2.05, 4.69) is 42.5 Å². The number of nitrogens with zero attached hydrogens (tertiary/aromatic N) is 8. The zero-order valence-corrected chi connectivity index (χ0v) is 13.4. The Morgan fingerprint density at radius 1 is 1.29 bits per heavy atom. The first-order valence-corrected chi connectivity index (χ1v) is 3.04. The van der Waals surface area contributed by atoms with Gasteiger partial charge in [-0.25, -0.2) is 6.33 Å². The Hall–Kier alpha value is 0.348. The molecule has 2 rings (SSSR count). The van der Waals surface area contributed by atoms with Crippen LogP contribution in [0, 0.1) is 13.3 Å². The molecule has 0 saturated carbocycles. The number of aromatic nitrogens is 8. The summed E-state index contributed by atoms with van der Waals surface area (Å²) < 4.78 is 1.40. The van der Waals surface area contributed by atoms with Gasteiger partial charge in [0.2, 0.25) is 0 Å². The van der Waals surface area contributed by atoms with Crippen molar-refractivity contribution in [3.63, 3.8) is 0 Å². The molecule has 0 aliphatic rings. The molecular formula is C4H6N8Y2-2. The van der Waals surface area contributed by atoms with Gasteiger partial charge >= 0.3 is 0 Å². The van der Waals surface area contributed by atoms with Crippen molar-refractivity contribution < 1.29 is 65.4 Å². The van der Waals surface area contributed by atoms with Gasteiger partial charge in [0, 0.05) is 71.2 Å². The molecule has 0 atom stereocenters. The zero-order valence-electron chi connectivity index (χ0n) is 7.73. The Labute approximate surface area is 131 Å². The normalized spacial score (nSPS) is 7.57. The molecule has 10 heteroatoms. The average molecular weight is 344 g/mol. The molecule has 0 N–H and O–H groups in total. The summed E-state index contributed by atoms with van der Waals surface area (Å²) in [6.45, 7) is 1.74. The fourth-order valence-corrected chi connectivity index (χ4v) is 0.374. The Morgan fingerprint density at radius 3 is 2.14 bits per heavy atom. The molecule has 0 fully saturated rings. The second-order valence-electron chi connectivity index (χ2n) is 1.83. The van der Waals surface area contributed by atoms with Crippen LogP contribution in [0.15, 0.2) is 0 Å². The fraction of sp³-hybridized carbons (Fsp3) is 0.500. The summed E-state index contributed by atoms with van der Waals surface area (Å²) in [5, 5.41) is 23.3. The molecule has 14 heavy (non-hydrogen) atoms. The molecule has 8 nitrogen and oxygen atoms in total. The molecule has 0 spiro atoms. The molecular weight excluding hydrogens is 338 g/mol. The van der Waals surface area contributed by atoms with E-state index in [4.69, 9.17) is 0 Å². The molecule has 0 saturated heterocycles. The number of rotatable bonds is 0. The minimum atomic E-state index is 0. The second kappa shape index (κ2) is 9.89. The van der Waals surface area contributed by atoms with Crippen molar-refractivity contribution in [3.05, 3.63) is 12.2 Å². The van der Waals surface area contributed by atoms with Crippen LogP contribution in [0.2, 0.25) is 0 Å². The van der Waals surface area contributed by atoms with Gasteiger partial charge in [0.05, 0.1) is 0 Å². The third kappa shape index (κ3) is 7.72. The Morgan fingerprint density at radius 2 is 2.00 bits per heavy atom. The monoisotopic (exact) mass is 344 g/mol. The van der Waals surface area contributed by atoms with Gasteiger partial charge in [-0.3, -0.25) is 10.3 Å². The van der Waals surface area contributed by atoms with E-state index in [0.717, 1.165) is 0 Å². The Kier molecular flexibility index (Phi) is 11.8. The Bertz CT molecular complexity index is 259. The van der Waals surface area contributed by atoms with Crippen LogP contribution in [0.25, 0.3) is 0 Å². The molecule has 2 aromatic rings. The molecule has 0 unspecified atom stereocenters. The zero-order chi connectivity index (χ0) is 8.81. The van der Waals surface area contributed by atoms with Crippen LogP contribution in [-0.2, 0) is 72.5 Å². The first-order chi connectivity index (χ1) is 5.79. The smallest absolute Gasteiger partial charge is 0.00677 e. The Balaban J connectivity index is 0. The number of hydrogen-bond donors (Lipinski definition) is 0. The van der Waals surface area contributed by atoms with E-state index < -0.39 is 0 Å². The topological polar surface area (TPSA) is 96.4 Å². The first kappa shape index (κ1) is 16.8. The van der Waals surface area contributed by atoms with Crippen LogP contribution >= 0.6 is 0 Å². The van der Waals surface area contributed by atoms with Gasteiger partial charge in [0.15, 0.2) is 0 Å². The standard InChI is InChI=1S/2C2H3N4.2Y/c1-6-2-3-4-5-6;1-2-3-5-6-4-2;;/h2*1H3;;/q2*-1;;. The van der Waals surface area contributed by atoms with Crippen molar-refractivity contribution in [2.24, 2.45) is 7.05 Å². The van der Waals surface area contributed by atoms with E-state index in [9.17, 15) is 0 Å². The van der Waals surface area contributed by atoms with Crippen molar-refractivity contribution in [3.8, 4) is 0 Å². The van der Waals surface area contributed by atoms with Crippen LogP contribution in [0.5, 0.6) is 0 Å². The summed E-state index contributed by atoms with van der Waals surface area (Å²) in [6, 6.07) is 0. The summed E-state index contributed by atoms with van der Waals surface area (Å²) >= 11 is 0. The number of aryl methyl sites for hydroxylation is 2. The van der Waals surface area contributed by atoms with E-state index in [0.29, 0.717) is 5.82 Å². The third-order valence-corrected chi connectivity index (χ3v) is 0.827. The maximum absolute atomic E-state index is 3.44. The first-order valence-electron chi connectivity index (χ1n) is 3.04. The van der Waals surface area contributed by atoms with Crippen LogP contribution in [0.3, 0.4) is 0 Å². The van der Waals surface area contributed by atoms with Crippen molar-refractivity contribution in [1.82, 2.24) is 40.8 Å². The van der Waals surface area contributed by atoms with Gasteiger partial charge in [-0.1, -0.05) is 10.4 Å². The summed E-state index contributed by atoms with van der Waals surface area (Å²) in [5.74, 6) is 0.620. The van der Waals surface area contributed by atoms with Crippen LogP contribution in [0.1, 0.15) is 5.82 Å². The van der Waals surface area contributed by atoms with E-state index in [-0.39, 0.29) is 65.4 Å². The molecule has 2 radical (unpaired) electrons. The number of tetrazole rings is 2. The SMILES string of the molecule is Cc1nnn[n-]1.Cn1[c-]nnn1.[Y].[Y]. The average Bonchev–Trinajstić information content (AvgIpc) is 2.63. The van der Waals surface area contributed by atoms with Crippen molar-refractivity contribution in [2.45, 2.75) is 6.92 Å². The van der Waals surface area contributed by atoms with Gasteiger partial charge < -0.3 is 14.9 Å². The molecule has 0 bridgehead atoms. The minimum absolute atomic E-state index is 0. The van der Waals surface area contributed by atoms with E-state index in [1.165, 1.54) is 4.68 Å². The van der Waals surface area contributed by atoms with E-state index in [1.54, 1.807) is 14.0 Å². The summed E-state index contributed by atoms with van der Waals surface area (Å²) in [4.78, 5) is 0. The predicted molar refractivity (Wildman–Crippen MR) is 35.5 cm³/mol. The van der Waals surface area contributed by atoms with Gasteiger partial charge in [-0.05, 0) is 14.0 Å². The van der Waals surface area contributed by atoms with Crippen LogP contribution in [0.4, 0.5) is 0 Å². The van der Waals surface area contributed by atoms with Gasteiger partial charge in [0.1, 0.15) is 0 Å². The molecule has 0 aliphatic carbocycles. The van der Waals surface area contributed by atoms with Crippen LogP contribution < -0.4 is 5.10 Å². The van der Waals surface area contributed by atoms with Gasteiger partial charge in [-0.15, -0.1) is 0 Å². The van der Waals surface area contributed by atoms with Gasteiger partial charge in [-0.2, -0.15) is 5.21 Å². The molecule has 0 aliphatic heterocycles. The number of hydrogen-bond acceptors (Lipinski definition) is 6. The van der Waals surface area contributed by atoms with Crippen molar-refractivity contribution in [1.29, 1.82) is 0 Å². The fourth-order valence-electron chi connectivity index (χ4n) is 0.374. The predicted octanol–water partition coefficient (Wildman–Crippen LogP) is -1.86. The van der Waals surface area contributed by atoms with Crippen LogP contribution in [-0.4, -0.2) is 35.7 Å². The largest absolute Gasteiger partial charge is 0.410 e. The molecule has 70 valence electrons. The summed E-state index contributed by atoms with van der Waals surface area (Å²) in [5.41, 5.74) is 0. The molecule has 2 aromatic heterocycles. The summed E-state index contributed by atoms with van der Waals surface area (Å²) in [7, 11) is 1.71. The molecule has 0 aromatic carbocycles. The quantitative estimate of drug-likeness (QED) is 0.518. The maximum atomic E-state index is 3.44. The van der Waals surface area contributed by atoms with E-state index in [1.807, 2.05) is 0 Å². The molecule has 0 amide bonds. The third-order valence-electron chi connectivity index (χ3n) is 0.827. The molecule has 2 heterocycles. The van der Waals surface area contributed by atoms with Crippen molar-refractivity contribution in [2.75, 3.05) is 0 Å². The summed E-state index contributed by atoms with van der Waals surface area (Å²) in [6.07, 6.45) is 2.44. The maximum Gasteiger partial charge on any atom is 0.00677 e. The second-order valence-corrected chi connectivity index (χ2v) is 1.83. The van der Waals surface area contributed by atoms with E-state index >= 15 is 0 Å². The minimum Gasteiger partial charge on any atom is -0.410 e.